The average molecular weight is 447 g/mol. The molecule has 2 aliphatic rings. The van der Waals surface area contributed by atoms with Crippen LogP contribution in [0, 0.1) is 5.92 Å². The monoisotopic (exact) mass is 446 g/mol. The number of carbonyl (C=O) groups is 2. The van der Waals surface area contributed by atoms with Gasteiger partial charge in [0.2, 0.25) is 0 Å². The van der Waals surface area contributed by atoms with Crippen LogP contribution in [0.15, 0.2) is 17.0 Å². The highest BCUT2D eigenvalue weighted by atomic mass is 35.5. The first kappa shape index (κ1) is 21.2. The molecule has 8 heteroatoms. The highest BCUT2D eigenvalue weighted by Crippen LogP contribution is 2.38. The third-order valence-electron chi connectivity index (χ3n) is 5.16. The van der Waals surface area contributed by atoms with E-state index in [9.17, 15) is 18.0 Å². The number of fused-ring (bicyclic) bond motifs is 1. The van der Waals surface area contributed by atoms with E-state index in [-0.39, 0.29) is 32.5 Å². The van der Waals surface area contributed by atoms with Crippen molar-refractivity contribution < 1.29 is 18.0 Å². The summed E-state index contributed by atoms with van der Waals surface area (Å²) in [5.41, 5.74) is 0.817. The second kappa shape index (κ2) is 8.89. The van der Waals surface area contributed by atoms with Crippen LogP contribution >= 0.6 is 35.1 Å². The maximum Gasteiger partial charge on any atom is 0.179 e. The van der Waals surface area contributed by atoms with Gasteiger partial charge in [0.1, 0.15) is 5.78 Å². The predicted octanol–water partition coefficient (Wildman–Crippen LogP) is 4.08. The van der Waals surface area contributed by atoms with Gasteiger partial charge < -0.3 is 0 Å². The summed E-state index contributed by atoms with van der Waals surface area (Å²) in [4.78, 5) is 26.0. The minimum Gasteiger partial charge on any atom is -0.299 e. The molecule has 0 saturated heterocycles. The lowest BCUT2D eigenvalue weighted by Crippen LogP contribution is -2.37. The number of hydrogen-bond acceptors (Lipinski definition) is 6. The zero-order chi connectivity index (χ0) is 19.6. The van der Waals surface area contributed by atoms with E-state index in [1.165, 1.54) is 12.1 Å². The number of rotatable bonds is 7. The maximum absolute atomic E-state index is 13.2. The van der Waals surface area contributed by atoms with Crippen LogP contribution in [0.1, 0.15) is 41.6 Å². The summed E-state index contributed by atoms with van der Waals surface area (Å²) in [5, 5.41) is 0.191. The van der Waals surface area contributed by atoms with Gasteiger partial charge in [-0.3, -0.25) is 9.59 Å². The Hall–Kier alpha value is -0.500. The molecule has 1 aromatic carbocycles. The van der Waals surface area contributed by atoms with E-state index < -0.39 is 15.8 Å². The Kier molecular flexibility index (Phi) is 6.98. The standard InChI is InChI=1S/C19H23ClO4S3/c1-25-9-3-10-26-15-5-2-4-14(21)17(15)19(22)13-6-7-16-12(18(13)20)8-11-27(16,23)24/h6-7,15,17H,2-5,8-11H2,1H3. The SMILES string of the molecule is CSCCCSC1CCCC(=O)C1C(=O)c1ccc2c(c1Cl)CCS2(=O)=O. The minimum atomic E-state index is -3.30. The topological polar surface area (TPSA) is 68.3 Å². The van der Waals surface area contributed by atoms with Crippen LogP contribution in [-0.2, 0) is 21.1 Å². The Labute approximate surface area is 174 Å². The molecule has 27 heavy (non-hydrogen) atoms. The number of thioether (sulfide) groups is 2. The van der Waals surface area contributed by atoms with Gasteiger partial charge >= 0.3 is 0 Å². The number of Topliss-reactive ketones (excluding diaryl/α,β-unsaturated/α-hetero) is 2. The number of halogens is 1. The van der Waals surface area contributed by atoms with Crippen LogP contribution in [0.2, 0.25) is 5.02 Å². The molecule has 0 amide bonds. The summed E-state index contributed by atoms with van der Waals surface area (Å²) in [6.07, 6.45) is 5.53. The Balaban J connectivity index is 1.85. The lowest BCUT2D eigenvalue weighted by Gasteiger charge is -2.29. The predicted molar refractivity (Wildman–Crippen MR) is 113 cm³/mol. The highest BCUT2D eigenvalue weighted by molar-refractivity contribution is 8.00. The lowest BCUT2D eigenvalue weighted by molar-refractivity contribution is -0.122. The Bertz CT molecular complexity index is 851. The zero-order valence-electron chi connectivity index (χ0n) is 15.2. The van der Waals surface area contributed by atoms with E-state index in [1.807, 2.05) is 0 Å². The zero-order valence-corrected chi connectivity index (χ0v) is 18.4. The van der Waals surface area contributed by atoms with E-state index in [2.05, 4.69) is 6.26 Å². The van der Waals surface area contributed by atoms with Crippen LogP contribution in [-0.4, -0.2) is 48.7 Å². The van der Waals surface area contributed by atoms with Gasteiger partial charge in [0.25, 0.3) is 0 Å². The lowest BCUT2D eigenvalue weighted by atomic mass is 9.82. The number of hydrogen-bond donors (Lipinski definition) is 0. The quantitative estimate of drug-likeness (QED) is 0.357. The Morgan fingerprint density at radius 3 is 2.78 bits per heavy atom. The number of benzene rings is 1. The van der Waals surface area contributed by atoms with Crippen molar-refractivity contribution in [2.75, 3.05) is 23.5 Å². The van der Waals surface area contributed by atoms with Crippen molar-refractivity contribution >= 4 is 56.5 Å². The molecule has 2 unspecified atom stereocenters. The number of carbonyl (C=O) groups excluding carboxylic acids is 2. The van der Waals surface area contributed by atoms with Crippen molar-refractivity contribution in [1.29, 1.82) is 0 Å². The second-order valence-electron chi connectivity index (χ2n) is 6.93. The van der Waals surface area contributed by atoms with Gasteiger partial charge in [-0.05, 0) is 61.1 Å². The smallest absolute Gasteiger partial charge is 0.179 e. The summed E-state index contributed by atoms with van der Waals surface area (Å²) >= 11 is 9.93. The molecule has 2 atom stereocenters. The fourth-order valence-electron chi connectivity index (χ4n) is 3.77. The fraction of sp³-hybridized carbons (Fsp3) is 0.579. The molecular weight excluding hydrogens is 424 g/mol. The molecule has 4 nitrogen and oxygen atoms in total. The Morgan fingerprint density at radius 1 is 1.26 bits per heavy atom. The maximum atomic E-state index is 13.2. The van der Waals surface area contributed by atoms with Crippen LogP contribution < -0.4 is 0 Å². The third kappa shape index (κ3) is 4.41. The fourth-order valence-corrected chi connectivity index (χ4v) is 7.76. The first-order valence-corrected chi connectivity index (χ1v) is 13.6. The Morgan fingerprint density at radius 2 is 2.04 bits per heavy atom. The molecule has 0 bridgehead atoms. The van der Waals surface area contributed by atoms with E-state index >= 15 is 0 Å². The molecule has 1 aliphatic carbocycles. The molecule has 1 aliphatic heterocycles. The molecule has 1 heterocycles. The third-order valence-corrected chi connectivity index (χ3v) is 9.54. The van der Waals surface area contributed by atoms with E-state index in [4.69, 9.17) is 11.6 Å². The largest absolute Gasteiger partial charge is 0.299 e. The molecule has 0 N–H and O–H groups in total. The van der Waals surface area contributed by atoms with Crippen molar-refractivity contribution in [3.05, 3.63) is 28.3 Å². The molecule has 0 radical (unpaired) electrons. The normalized spacial score (nSPS) is 24.0. The molecular formula is C19H23ClO4S3. The van der Waals surface area contributed by atoms with Gasteiger partial charge in [-0.1, -0.05) is 11.6 Å². The summed E-state index contributed by atoms with van der Waals surface area (Å²) in [6.45, 7) is 0. The first-order valence-electron chi connectivity index (χ1n) is 9.08. The van der Waals surface area contributed by atoms with E-state index in [0.717, 1.165) is 30.8 Å². The molecule has 148 valence electrons. The average Bonchev–Trinajstić information content (AvgIpc) is 2.94. The highest BCUT2D eigenvalue weighted by Gasteiger charge is 2.39. The van der Waals surface area contributed by atoms with Crippen molar-refractivity contribution in [2.24, 2.45) is 5.92 Å². The number of ketones is 2. The molecule has 1 aromatic rings. The molecule has 0 aromatic heterocycles. The van der Waals surface area contributed by atoms with Crippen molar-refractivity contribution in [2.45, 2.75) is 42.2 Å². The minimum absolute atomic E-state index is 0.0159. The van der Waals surface area contributed by atoms with Crippen LogP contribution in [0.5, 0.6) is 0 Å². The van der Waals surface area contributed by atoms with Gasteiger partial charge in [-0.25, -0.2) is 8.42 Å². The summed E-state index contributed by atoms with van der Waals surface area (Å²) < 4.78 is 24.1. The summed E-state index contributed by atoms with van der Waals surface area (Å²) in [6, 6.07) is 2.97. The molecule has 1 fully saturated rings. The van der Waals surface area contributed by atoms with Gasteiger partial charge in [0.05, 0.1) is 21.6 Å². The van der Waals surface area contributed by atoms with E-state index in [1.54, 1.807) is 23.5 Å². The van der Waals surface area contributed by atoms with Crippen LogP contribution in [0.25, 0.3) is 0 Å². The second-order valence-corrected chi connectivity index (χ2v) is 11.7. The van der Waals surface area contributed by atoms with Crippen molar-refractivity contribution in [3.63, 3.8) is 0 Å². The number of sulfone groups is 1. The van der Waals surface area contributed by atoms with Crippen molar-refractivity contribution in [1.82, 2.24) is 0 Å². The van der Waals surface area contributed by atoms with Crippen LogP contribution in [0.3, 0.4) is 0 Å². The molecule has 3 rings (SSSR count). The molecule has 1 saturated carbocycles. The van der Waals surface area contributed by atoms with Gasteiger partial charge in [-0.15, -0.1) is 0 Å². The summed E-state index contributed by atoms with van der Waals surface area (Å²) in [5.74, 6) is 1.08. The first-order chi connectivity index (χ1) is 12.9. The van der Waals surface area contributed by atoms with Gasteiger partial charge in [0.15, 0.2) is 15.6 Å². The van der Waals surface area contributed by atoms with Gasteiger partial charge in [-0.2, -0.15) is 23.5 Å². The van der Waals surface area contributed by atoms with Crippen LogP contribution in [0.4, 0.5) is 0 Å². The van der Waals surface area contributed by atoms with E-state index in [0.29, 0.717) is 24.0 Å². The summed E-state index contributed by atoms with van der Waals surface area (Å²) in [7, 11) is -3.30. The van der Waals surface area contributed by atoms with Gasteiger partial charge in [0, 0.05) is 17.2 Å². The molecule has 0 spiro atoms. The van der Waals surface area contributed by atoms with Crippen molar-refractivity contribution in [3.8, 4) is 0 Å².